The number of ether oxygens (including phenoxy) is 1. The van der Waals surface area contributed by atoms with Gasteiger partial charge < -0.3 is 9.64 Å². The highest BCUT2D eigenvalue weighted by Crippen LogP contribution is 2.41. The van der Waals surface area contributed by atoms with Crippen molar-refractivity contribution in [2.75, 3.05) is 13.3 Å². The summed E-state index contributed by atoms with van der Waals surface area (Å²) >= 11 is 0. The SMILES string of the molecule is CC1(C)OC[C@@H]2[C@H](CCF)[C@H](F)C(=O)N21. The highest BCUT2D eigenvalue weighted by molar-refractivity contribution is 5.85. The van der Waals surface area contributed by atoms with Crippen LogP contribution in [0.15, 0.2) is 0 Å². The number of hydrogen-bond acceptors (Lipinski definition) is 2. The lowest BCUT2D eigenvalue weighted by Crippen LogP contribution is -2.44. The van der Waals surface area contributed by atoms with Crippen molar-refractivity contribution in [3.05, 3.63) is 0 Å². The fraction of sp³-hybridized carbons (Fsp3) is 0.900. The van der Waals surface area contributed by atoms with Gasteiger partial charge in [0.05, 0.1) is 19.3 Å². The zero-order chi connectivity index (χ0) is 11.2. The molecule has 0 saturated carbocycles. The molecule has 5 heteroatoms. The minimum absolute atomic E-state index is 0.0908. The third-order valence-corrected chi connectivity index (χ3v) is 3.31. The Balaban J connectivity index is 2.24. The van der Waals surface area contributed by atoms with Gasteiger partial charge in [0.15, 0.2) is 6.17 Å². The van der Waals surface area contributed by atoms with Crippen molar-refractivity contribution in [3.63, 3.8) is 0 Å². The Hall–Kier alpha value is -0.710. The van der Waals surface area contributed by atoms with Crippen LogP contribution >= 0.6 is 0 Å². The molecule has 1 amide bonds. The molecule has 2 aliphatic rings. The Labute approximate surface area is 87.4 Å². The van der Waals surface area contributed by atoms with Crippen molar-refractivity contribution >= 4 is 5.91 Å². The van der Waals surface area contributed by atoms with Crippen LogP contribution in [0.2, 0.25) is 0 Å². The molecule has 0 radical (unpaired) electrons. The topological polar surface area (TPSA) is 29.5 Å². The molecule has 3 nitrogen and oxygen atoms in total. The largest absolute Gasteiger partial charge is 0.354 e. The summed E-state index contributed by atoms with van der Waals surface area (Å²) in [6.07, 6.45) is -1.47. The molecule has 2 heterocycles. The zero-order valence-electron chi connectivity index (χ0n) is 8.87. The molecule has 0 aromatic rings. The Kier molecular flexibility index (Phi) is 2.45. The first kappa shape index (κ1) is 10.8. The molecule has 3 atom stereocenters. The summed E-state index contributed by atoms with van der Waals surface area (Å²) in [4.78, 5) is 13.1. The van der Waals surface area contributed by atoms with Gasteiger partial charge in [0.2, 0.25) is 0 Å². The van der Waals surface area contributed by atoms with Gasteiger partial charge in [0, 0.05) is 5.92 Å². The summed E-state index contributed by atoms with van der Waals surface area (Å²) in [5.74, 6) is -1.11. The average Bonchev–Trinajstić information content (AvgIpc) is 2.59. The Morgan fingerprint density at radius 3 is 2.87 bits per heavy atom. The second-order valence-electron chi connectivity index (χ2n) is 4.58. The van der Waals surface area contributed by atoms with E-state index in [9.17, 15) is 13.6 Å². The maximum absolute atomic E-state index is 13.6. The van der Waals surface area contributed by atoms with Crippen LogP contribution in [0.5, 0.6) is 0 Å². The molecule has 86 valence electrons. The minimum Gasteiger partial charge on any atom is -0.354 e. The van der Waals surface area contributed by atoms with Gasteiger partial charge in [-0.1, -0.05) is 0 Å². The van der Waals surface area contributed by atoms with E-state index in [0.717, 1.165) is 0 Å². The number of fused-ring (bicyclic) bond motifs is 1. The zero-order valence-corrected chi connectivity index (χ0v) is 8.87. The standard InChI is InChI=1S/C10H15F2NO2/c1-10(2)13-7(5-15-10)6(3-4-11)8(12)9(13)14/h6-8H,3-5H2,1-2H3/t6-,7+,8-/m0/s1. The highest BCUT2D eigenvalue weighted by atomic mass is 19.1. The van der Waals surface area contributed by atoms with Gasteiger partial charge in [0.25, 0.3) is 5.91 Å². The predicted octanol–water partition coefficient (Wildman–Crippen LogP) is 1.28. The molecule has 2 saturated heterocycles. The third-order valence-electron chi connectivity index (χ3n) is 3.31. The van der Waals surface area contributed by atoms with Crippen molar-refractivity contribution in [2.45, 2.75) is 38.2 Å². The van der Waals surface area contributed by atoms with Gasteiger partial charge in [-0.15, -0.1) is 0 Å². The highest BCUT2D eigenvalue weighted by Gasteiger charge is 2.57. The van der Waals surface area contributed by atoms with Crippen molar-refractivity contribution in [1.82, 2.24) is 4.90 Å². The number of alkyl halides is 2. The molecule has 15 heavy (non-hydrogen) atoms. The molecule has 0 spiro atoms. The monoisotopic (exact) mass is 219 g/mol. The lowest BCUT2D eigenvalue weighted by atomic mass is 9.96. The smallest absolute Gasteiger partial charge is 0.260 e. The molecule has 0 aromatic heterocycles. The van der Waals surface area contributed by atoms with Crippen LogP contribution in [0.3, 0.4) is 0 Å². The van der Waals surface area contributed by atoms with E-state index in [2.05, 4.69) is 0 Å². The molecule has 2 rings (SSSR count). The summed E-state index contributed by atoms with van der Waals surface area (Å²) in [5, 5.41) is 0. The van der Waals surface area contributed by atoms with E-state index in [0.29, 0.717) is 6.61 Å². The number of rotatable bonds is 2. The lowest BCUT2D eigenvalue weighted by molar-refractivity contribution is -0.145. The summed E-state index contributed by atoms with van der Waals surface area (Å²) in [7, 11) is 0. The molecule has 2 fully saturated rings. The van der Waals surface area contributed by atoms with Crippen LogP contribution in [-0.4, -0.2) is 42.0 Å². The van der Waals surface area contributed by atoms with Gasteiger partial charge in [0.1, 0.15) is 5.72 Å². The first-order chi connectivity index (χ1) is 6.99. The molecule has 0 aliphatic carbocycles. The van der Waals surface area contributed by atoms with Gasteiger partial charge in [-0.05, 0) is 20.3 Å². The van der Waals surface area contributed by atoms with E-state index in [4.69, 9.17) is 4.74 Å². The minimum atomic E-state index is -1.56. The second-order valence-corrected chi connectivity index (χ2v) is 4.58. The van der Waals surface area contributed by atoms with Gasteiger partial charge in [-0.3, -0.25) is 9.18 Å². The van der Waals surface area contributed by atoms with E-state index < -0.39 is 30.4 Å². The van der Waals surface area contributed by atoms with E-state index in [1.165, 1.54) is 4.90 Å². The number of carbonyl (C=O) groups excluding carboxylic acids is 1. The van der Waals surface area contributed by atoms with Crippen LogP contribution in [0.25, 0.3) is 0 Å². The molecule has 2 aliphatic heterocycles. The van der Waals surface area contributed by atoms with Crippen molar-refractivity contribution < 1.29 is 18.3 Å². The Morgan fingerprint density at radius 2 is 2.27 bits per heavy atom. The van der Waals surface area contributed by atoms with Gasteiger partial charge >= 0.3 is 0 Å². The molecule has 0 aromatic carbocycles. The maximum atomic E-state index is 13.6. The normalized spacial score (nSPS) is 38.5. The lowest BCUT2D eigenvalue weighted by Gasteiger charge is -2.29. The first-order valence-corrected chi connectivity index (χ1v) is 5.16. The number of nitrogens with zero attached hydrogens (tertiary/aromatic N) is 1. The third kappa shape index (κ3) is 1.44. The summed E-state index contributed by atoms with van der Waals surface area (Å²) in [6, 6.07) is -0.293. The molecular weight excluding hydrogens is 204 g/mol. The van der Waals surface area contributed by atoms with Crippen LogP contribution in [0.4, 0.5) is 8.78 Å². The van der Waals surface area contributed by atoms with E-state index in [1.54, 1.807) is 13.8 Å². The molecule has 0 N–H and O–H groups in total. The first-order valence-electron chi connectivity index (χ1n) is 5.16. The number of halogens is 2. The second kappa shape index (κ2) is 3.40. The molecule has 0 bridgehead atoms. The van der Waals surface area contributed by atoms with Crippen molar-refractivity contribution in [2.24, 2.45) is 5.92 Å². The number of amides is 1. The summed E-state index contributed by atoms with van der Waals surface area (Å²) in [5.41, 5.74) is -0.753. The van der Waals surface area contributed by atoms with E-state index >= 15 is 0 Å². The summed E-state index contributed by atoms with van der Waals surface area (Å²) in [6.45, 7) is 3.18. The fourth-order valence-electron chi connectivity index (χ4n) is 2.55. The van der Waals surface area contributed by atoms with Crippen LogP contribution in [0, 0.1) is 5.92 Å². The van der Waals surface area contributed by atoms with Crippen molar-refractivity contribution in [1.29, 1.82) is 0 Å². The van der Waals surface area contributed by atoms with Crippen molar-refractivity contribution in [3.8, 4) is 0 Å². The average molecular weight is 219 g/mol. The van der Waals surface area contributed by atoms with Crippen LogP contribution in [-0.2, 0) is 9.53 Å². The predicted molar refractivity (Wildman–Crippen MR) is 49.6 cm³/mol. The number of carbonyl (C=O) groups is 1. The summed E-state index contributed by atoms with van der Waals surface area (Å²) < 4.78 is 31.3. The van der Waals surface area contributed by atoms with Crippen LogP contribution in [0.1, 0.15) is 20.3 Å². The quantitative estimate of drug-likeness (QED) is 0.700. The Morgan fingerprint density at radius 1 is 1.60 bits per heavy atom. The molecular formula is C10H15F2NO2. The van der Waals surface area contributed by atoms with Gasteiger partial charge in [-0.25, -0.2) is 4.39 Å². The van der Waals surface area contributed by atoms with Crippen LogP contribution < -0.4 is 0 Å². The van der Waals surface area contributed by atoms with E-state index in [1.807, 2.05) is 0 Å². The number of hydrogen-bond donors (Lipinski definition) is 0. The van der Waals surface area contributed by atoms with E-state index in [-0.39, 0.29) is 12.5 Å². The molecule has 0 unspecified atom stereocenters. The fourth-order valence-corrected chi connectivity index (χ4v) is 2.55. The van der Waals surface area contributed by atoms with Gasteiger partial charge in [-0.2, -0.15) is 0 Å². The maximum Gasteiger partial charge on any atom is 0.260 e. The Bertz CT molecular complexity index is 283.